The van der Waals surface area contributed by atoms with E-state index in [0.29, 0.717) is 5.41 Å². The third kappa shape index (κ3) is 2.96. The highest BCUT2D eigenvalue weighted by atomic mass is 16.5. The molecule has 2 heterocycles. The average molecular weight is 226 g/mol. The molecule has 3 heteroatoms. The fourth-order valence-corrected chi connectivity index (χ4v) is 3.09. The number of hydrogen-bond donors (Lipinski definition) is 1. The van der Waals surface area contributed by atoms with Crippen molar-refractivity contribution in [2.45, 2.75) is 38.6 Å². The smallest absolute Gasteiger partial charge is 0.0516 e. The Morgan fingerprint density at radius 2 is 1.88 bits per heavy atom. The first-order valence-corrected chi connectivity index (χ1v) is 6.67. The van der Waals surface area contributed by atoms with E-state index >= 15 is 0 Å². The molecule has 0 atom stereocenters. The third-order valence-corrected chi connectivity index (χ3v) is 4.32. The number of likely N-dealkylation sites (tertiary alicyclic amines) is 1. The topological polar surface area (TPSA) is 24.5 Å². The van der Waals surface area contributed by atoms with Gasteiger partial charge in [0.25, 0.3) is 0 Å². The van der Waals surface area contributed by atoms with Crippen LogP contribution >= 0.6 is 0 Å². The van der Waals surface area contributed by atoms with Crippen molar-refractivity contribution in [2.24, 2.45) is 5.41 Å². The van der Waals surface area contributed by atoms with Gasteiger partial charge in [-0.15, -0.1) is 0 Å². The van der Waals surface area contributed by atoms with Crippen LogP contribution in [0, 0.1) is 5.41 Å². The Hall–Kier alpha value is -0.120. The molecule has 0 aromatic rings. The van der Waals surface area contributed by atoms with E-state index in [4.69, 9.17) is 4.74 Å². The van der Waals surface area contributed by atoms with E-state index in [1.807, 2.05) is 7.11 Å². The molecule has 3 nitrogen and oxygen atoms in total. The number of methoxy groups -OCH3 is 1. The Bertz CT molecular complexity index is 206. The summed E-state index contributed by atoms with van der Waals surface area (Å²) in [5, 5.41) is 3.44. The van der Waals surface area contributed by atoms with Gasteiger partial charge in [-0.2, -0.15) is 0 Å². The lowest BCUT2D eigenvalue weighted by Gasteiger charge is -2.43. The van der Waals surface area contributed by atoms with Crippen molar-refractivity contribution in [3.8, 4) is 0 Å². The van der Waals surface area contributed by atoms with Gasteiger partial charge >= 0.3 is 0 Å². The van der Waals surface area contributed by atoms with Crippen molar-refractivity contribution in [1.29, 1.82) is 0 Å². The molecular weight excluding hydrogens is 200 g/mol. The van der Waals surface area contributed by atoms with Gasteiger partial charge in [-0.05, 0) is 57.3 Å². The molecule has 2 fully saturated rings. The molecule has 2 saturated heterocycles. The minimum atomic E-state index is 0.429. The molecule has 0 saturated carbocycles. The number of piperidine rings is 2. The zero-order valence-electron chi connectivity index (χ0n) is 10.8. The highest BCUT2D eigenvalue weighted by Gasteiger charge is 2.32. The summed E-state index contributed by atoms with van der Waals surface area (Å²) in [6, 6.07) is 0.841. The van der Waals surface area contributed by atoms with Gasteiger partial charge in [-0.25, -0.2) is 0 Å². The summed E-state index contributed by atoms with van der Waals surface area (Å²) >= 11 is 0. The van der Waals surface area contributed by atoms with E-state index in [1.165, 1.54) is 51.9 Å². The van der Waals surface area contributed by atoms with Gasteiger partial charge in [0.15, 0.2) is 0 Å². The molecule has 0 bridgehead atoms. The van der Waals surface area contributed by atoms with Crippen LogP contribution in [0.25, 0.3) is 0 Å². The first-order chi connectivity index (χ1) is 7.73. The fraction of sp³-hybridized carbons (Fsp3) is 1.00. The van der Waals surface area contributed by atoms with Gasteiger partial charge in [-0.1, -0.05) is 6.92 Å². The lowest BCUT2D eigenvalue weighted by molar-refractivity contribution is 0.0160. The van der Waals surface area contributed by atoms with E-state index in [9.17, 15) is 0 Å². The summed E-state index contributed by atoms with van der Waals surface area (Å²) in [5.74, 6) is 0. The highest BCUT2D eigenvalue weighted by molar-refractivity contribution is 4.86. The predicted molar refractivity (Wildman–Crippen MR) is 66.7 cm³/mol. The maximum Gasteiger partial charge on any atom is 0.0516 e. The van der Waals surface area contributed by atoms with Gasteiger partial charge in [-0.3, -0.25) is 0 Å². The van der Waals surface area contributed by atoms with E-state index in [2.05, 4.69) is 17.1 Å². The second-order valence-corrected chi connectivity index (χ2v) is 5.76. The van der Waals surface area contributed by atoms with Crippen molar-refractivity contribution in [1.82, 2.24) is 10.2 Å². The highest BCUT2D eigenvalue weighted by Crippen LogP contribution is 2.32. The molecule has 16 heavy (non-hydrogen) atoms. The maximum atomic E-state index is 5.34. The van der Waals surface area contributed by atoms with E-state index in [0.717, 1.165) is 12.6 Å². The number of ether oxygens (including phenoxy) is 1. The standard InChI is InChI=1S/C13H26N2O/c1-13(11-16-2)5-9-15(10-6-13)12-3-7-14-8-4-12/h12,14H,3-11H2,1-2H3. The van der Waals surface area contributed by atoms with Crippen molar-refractivity contribution < 1.29 is 4.74 Å². The Labute approximate surface area is 99.5 Å². The Morgan fingerprint density at radius 3 is 2.44 bits per heavy atom. The largest absolute Gasteiger partial charge is 0.384 e. The van der Waals surface area contributed by atoms with E-state index in [1.54, 1.807) is 0 Å². The molecule has 0 aromatic heterocycles. The summed E-state index contributed by atoms with van der Waals surface area (Å²) in [6.07, 6.45) is 5.26. The quantitative estimate of drug-likeness (QED) is 0.789. The lowest BCUT2D eigenvalue weighted by atomic mass is 9.80. The van der Waals surface area contributed by atoms with Gasteiger partial charge in [0.1, 0.15) is 0 Å². The maximum absolute atomic E-state index is 5.34. The first kappa shape index (κ1) is 12.3. The zero-order chi connectivity index (χ0) is 11.4. The van der Waals surface area contributed by atoms with Crippen LogP contribution in [-0.4, -0.2) is 50.8 Å². The fourth-order valence-electron chi connectivity index (χ4n) is 3.09. The average Bonchev–Trinajstić information content (AvgIpc) is 2.31. The second-order valence-electron chi connectivity index (χ2n) is 5.76. The van der Waals surface area contributed by atoms with Gasteiger partial charge in [0, 0.05) is 13.2 Å². The lowest BCUT2D eigenvalue weighted by Crippen LogP contribution is -2.49. The molecule has 0 spiro atoms. The van der Waals surface area contributed by atoms with Crippen LogP contribution < -0.4 is 5.32 Å². The van der Waals surface area contributed by atoms with Crippen LogP contribution in [0.4, 0.5) is 0 Å². The number of nitrogens with zero attached hydrogens (tertiary/aromatic N) is 1. The molecule has 2 aliphatic heterocycles. The molecule has 0 aliphatic carbocycles. The van der Waals surface area contributed by atoms with Crippen molar-refractivity contribution >= 4 is 0 Å². The molecule has 0 unspecified atom stereocenters. The van der Waals surface area contributed by atoms with Crippen LogP contribution in [-0.2, 0) is 4.74 Å². The van der Waals surface area contributed by atoms with E-state index in [-0.39, 0.29) is 0 Å². The third-order valence-electron chi connectivity index (χ3n) is 4.32. The molecule has 1 N–H and O–H groups in total. The summed E-state index contributed by atoms with van der Waals surface area (Å²) in [6.45, 7) is 8.24. The molecule has 0 radical (unpaired) electrons. The molecule has 0 aromatic carbocycles. The first-order valence-electron chi connectivity index (χ1n) is 6.67. The number of hydrogen-bond acceptors (Lipinski definition) is 3. The number of nitrogens with one attached hydrogen (secondary N) is 1. The summed E-state index contributed by atoms with van der Waals surface area (Å²) in [5.41, 5.74) is 0.429. The van der Waals surface area contributed by atoms with Gasteiger partial charge in [0.2, 0.25) is 0 Å². The zero-order valence-corrected chi connectivity index (χ0v) is 10.8. The van der Waals surface area contributed by atoms with Gasteiger partial charge < -0.3 is 15.0 Å². The van der Waals surface area contributed by atoms with Crippen molar-refractivity contribution in [3.05, 3.63) is 0 Å². The Morgan fingerprint density at radius 1 is 1.25 bits per heavy atom. The molecular formula is C13H26N2O. The summed E-state index contributed by atoms with van der Waals surface area (Å²) < 4.78 is 5.34. The van der Waals surface area contributed by atoms with Crippen molar-refractivity contribution in [2.75, 3.05) is 39.9 Å². The van der Waals surface area contributed by atoms with Gasteiger partial charge in [0.05, 0.1) is 6.61 Å². The minimum Gasteiger partial charge on any atom is -0.384 e. The monoisotopic (exact) mass is 226 g/mol. The van der Waals surface area contributed by atoms with E-state index < -0.39 is 0 Å². The Balaban J connectivity index is 1.79. The summed E-state index contributed by atoms with van der Waals surface area (Å²) in [4.78, 5) is 2.71. The second kappa shape index (κ2) is 5.48. The van der Waals surface area contributed by atoms with Crippen molar-refractivity contribution in [3.63, 3.8) is 0 Å². The number of rotatable bonds is 3. The molecule has 2 rings (SSSR count). The molecule has 94 valence electrons. The Kier molecular flexibility index (Phi) is 4.22. The SMILES string of the molecule is COCC1(C)CCN(C2CCNCC2)CC1. The van der Waals surface area contributed by atoms with Crippen LogP contribution in [0.5, 0.6) is 0 Å². The van der Waals surface area contributed by atoms with Crippen LogP contribution in [0.2, 0.25) is 0 Å². The van der Waals surface area contributed by atoms with Crippen LogP contribution in [0.15, 0.2) is 0 Å². The van der Waals surface area contributed by atoms with Crippen LogP contribution in [0.3, 0.4) is 0 Å². The minimum absolute atomic E-state index is 0.429. The molecule has 2 aliphatic rings. The van der Waals surface area contributed by atoms with Crippen LogP contribution in [0.1, 0.15) is 32.6 Å². The normalized spacial score (nSPS) is 28.1. The summed E-state index contributed by atoms with van der Waals surface area (Å²) in [7, 11) is 1.82. The predicted octanol–water partition coefficient (Wildman–Crippen LogP) is 1.49. The molecule has 0 amide bonds.